The van der Waals surface area contributed by atoms with E-state index in [1.165, 1.54) is 12.1 Å². The van der Waals surface area contributed by atoms with Crippen LogP contribution in [0.15, 0.2) is 42.6 Å². The molecule has 1 aliphatic heterocycles. The van der Waals surface area contributed by atoms with E-state index in [-0.39, 0.29) is 36.0 Å². The summed E-state index contributed by atoms with van der Waals surface area (Å²) >= 11 is 0. The monoisotopic (exact) mass is 424 g/mol. The lowest BCUT2D eigenvalue weighted by Crippen LogP contribution is -2.53. The molecule has 1 saturated carbocycles. The highest BCUT2D eigenvalue weighted by molar-refractivity contribution is 5.88. The number of nitro groups is 1. The maximum atomic E-state index is 13.5. The Morgan fingerprint density at radius 1 is 1.13 bits per heavy atom. The maximum Gasteiger partial charge on any atom is 0.269 e. The van der Waals surface area contributed by atoms with Crippen LogP contribution in [0.3, 0.4) is 0 Å². The molecule has 2 aromatic rings. The Balaban J connectivity index is 1.64. The minimum Gasteiger partial charge on any atom is -0.348 e. The van der Waals surface area contributed by atoms with Crippen molar-refractivity contribution in [1.29, 1.82) is 0 Å². The molecule has 0 spiro atoms. The Morgan fingerprint density at radius 2 is 1.81 bits per heavy atom. The molecule has 8 heteroatoms. The molecule has 0 radical (unpaired) electrons. The Morgan fingerprint density at radius 3 is 2.39 bits per heavy atom. The van der Waals surface area contributed by atoms with Crippen LogP contribution in [0.1, 0.15) is 50.9 Å². The summed E-state index contributed by atoms with van der Waals surface area (Å²) in [4.78, 5) is 40.5. The van der Waals surface area contributed by atoms with E-state index in [2.05, 4.69) is 4.57 Å². The maximum absolute atomic E-state index is 13.5. The van der Waals surface area contributed by atoms with Crippen LogP contribution in [0.4, 0.5) is 5.69 Å². The molecule has 0 unspecified atom stereocenters. The van der Waals surface area contributed by atoms with Crippen molar-refractivity contribution in [2.24, 2.45) is 5.92 Å². The van der Waals surface area contributed by atoms with Gasteiger partial charge in [-0.25, -0.2) is 0 Å². The second-order valence-corrected chi connectivity index (χ2v) is 9.33. The van der Waals surface area contributed by atoms with Crippen LogP contribution in [0.25, 0.3) is 0 Å². The highest BCUT2D eigenvalue weighted by atomic mass is 16.6. The van der Waals surface area contributed by atoms with Crippen LogP contribution >= 0.6 is 0 Å². The normalized spacial score (nSPS) is 18.4. The van der Waals surface area contributed by atoms with Gasteiger partial charge in [0.05, 0.1) is 11.0 Å². The van der Waals surface area contributed by atoms with Crippen LogP contribution in [-0.4, -0.2) is 49.7 Å². The van der Waals surface area contributed by atoms with Gasteiger partial charge in [-0.3, -0.25) is 19.7 Å². The average molecular weight is 425 g/mol. The molecule has 2 aliphatic rings. The van der Waals surface area contributed by atoms with Gasteiger partial charge >= 0.3 is 0 Å². The lowest BCUT2D eigenvalue weighted by molar-refractivity contribution is -0.384. The molecule has 164 valence electrons. The lowest BCUT2D eigenvalue weighted by Gasteiger charge is -2.41. The van der Waals surface area contributed by atoms with Crippen molar-refractivity contribution in [3.05, 3.63) is 64.0 Å². The Bertz CT molecular complexity index is 1000. The first-order chi connectivity index (χ1) is 14.7. The molecule has 0 saturated heterocycles. The van der Waals surface area contributed by atoms with E-state index in [1.807, 2.05) is 39.1 Å². The number of aromatic nitrogens is 1. The first-order valence-corrected chi connectivity index (χ1v) is 10.7. The quantitative estimate of drug-likeness (QED) is 0.544. The zero-order chi connectivity index (χ0) is 22.3. The zero-order valence-electron chi connectivity index (χ0n) is 18.2. The summed E-state index contributed by atoms with van der Waals surface area (Å²) in [6.45, 7) is 7.08. The smallest absolute Gasteiger partial charge is 0.269 e. The molecule has 1 atom stereocenters. The summed E-state index contributed by atoms with van der Waals surface area (Å²) < 4.78 is 2.10. The topological polar surface area (TPSA) is 88.7 Å². The first kappa shape index (κ1) is 21.1. The number of hydrogen-bond acceptors (Lipinski definition) is 4. The van der Waals surface area contributed by atoms with Crippen LogP contribution in [0.5, 0.6) is 0 Å². The summed E-state index contributed by atoms with van der Waals surface area (Å²) in [5.41, 5.74) is 1.34. The van der Waals surface area contributed by atoms with Crippen molar-refractivity contribution in [3.63, 3.8) is 0 Å². The van der Waals surface area contributed by atoms with Gasteiger partial charge in [-0.2, -0.15) is 0 Å². The summed E-state index contributed by atoms with van der Waals surface area (Å²) in [7, 11) is 0. The summed E-state index contributed by atoms with van der Waals surface area (Å²) in [6.07, 6.45) is 3.76. The standard InChI is InChI=1S/C23H28N4O4/c1-23(2,3)26(22(29)17-6-7-17)15-20(28)25-14-13-24-12-4-5-19(24)21(25)16-8-10-18(11-9-16)27(30)31/h4-5,8-12,17,21H,6-7,13-15H2,1-3H3/t21-/m1/s1. The van der Waals surface area contributed by atoms with Gasteiger partial charge in [0.2, 0.25) is 11.8 Å². The Hall–Kier alpha value is -3.16. The van der Waals surface area contributed by atoms with Crippen molar-refractivity contribution in [3.8, 4) is 0 Å². The molecular formula is C23H28N4O4. The van der Waals surface area contributed by atoms with Gasteiger partial charge in [-0.1, -0.05) is 0 Å². The molecular weight excluding hydrogens is 396 g/mol. The molecule has 1 aromatic carbocycles. The molecule has 0 bridgehead atoms. The van der Waals surface area contributed by atoms with Crippen LogP contribution < -0.4 is 0 Å². The number of nitro benzene ring substituents is 1. The van der Waals surface area contributed by atoms with Gasteiger partial charge in [0, 0.05) is 48.6 Å². The fraction of sp³-hybridized carbons (Fsp3) is 0.478. The van der Waals surface area contributed by atoms with Crippen molar-refractivity contribution < 1.29 is 14.5 Å². The van der Waals surface area contributed by atoms with Gasteiger partial charge < -0.3 is 14.4 Å². The van der Waals surface area contributed by atoms with Gasteiger partial charge in [0.1, 0.15) is 6.54 Å². The number of rotatable bonds is 5. The van der Waals surface area contributed by atoms with E-state index in [0.717, 1.165) is 24.1 Å². The summed E-state index contributed by atoms with van der Waals surface area (Å²) in [5, 5.41) is 11.1. The molecule has 2 heterocycles. The fourth-order valence-corrected chi connectivity index (χ4v) is 4.20. The molecule has 8 nitrogen and oxygen atoms in total. The predicted molar refractivity (Wildman–Crippen MR) is 115 cm³/mol. The van der Waals surface area contributed by atoms with Gasteiger partial charge in [0.15, 0.2) is 0 Å². The highest BCUT2D eigenvalue weighted by Crippen LogP contribution is 2.35. The van der Waals surface area contributed by atoms with Crippen LogP contribution in [0, 0.1) is 16.0 Å². The fourth-order valence-electron chi connectivity index (χ4n) is 4.20. The minimum atomic E-state index is -0.450. The third-order valence-corrected chi connectivity index (χ3v) is 6.07. The van der Waals surface area contributed by atoms with Crippen molar-refractivity contribution in [2.75, 3.05) is 13.1 Å². The zero-order valence-corrected chi connectivity index (χ0v) is 18.2. The first-order valence-electron chi connectivity index (χ1n) is 10.7. The van der Waals surface area contributed by atoms with Gasteiger partial charge in [0.25, 0.3) is 5.69 Å². The number of fused-ring (bicyclic) bond motifs is 1. The highest BCUT2D eigenvalue weighted by Gasteiger charge is 2.40. The van der Waals surface area contributed by atoms with Crippen LogP contribution in [0.2, 0.25) is 0 Å². The second kappa shape index (κ2) is 7.83. The molecule has 1 aliphatic carbocycles. The lowest BCUT2D eigenvalue weighted by atomic mass is 9.99. The third kappa shape index (κ3) is 4.19. The van der Waals surface area contributed by atoms with Gasteiger partial charge in [-0.05, 0) is 63.4 Å². The third-order valence-electron chi connectivity index (χ3n) is 6.07. The van der Waals surface area contributed by atoms with Crippen molar-refractivity contribution in [1.82, 2.24) is 14.4 Å². The summed E-state index contributed by atoms with van der Waals surface area (Å²) in [5.74, 6) is -0.0241. The number of nitrogens with zero attached hydrogens (tertiary/aromatic N) is 4. The van der Waals surface area contributed by atoms with E-state index in [4.69, 9.17) is 0 Å². The Kier molecular flexibility index (Phi) is 5.33. The molecule has 1 fully saturated rings. The molecule has 1 aromatic heterocycles. The minimum absolute atomic E-state index is 0.0155. The van der Waals surface area contributed by atoms with E-state index in [0.29, 0.717) is 13.1 Å². The van der Waals surface area contributed by atoms with Crippen molar-refractivity contribution in [2.45, 2.75) is 51.7 Å². The van der Waals surface area contributed by atoms with E-state index < -0.39 is 10.5 Å². The number of benzene rings is 1. The molecule has 31 heavy (non-hydrogen) atoms. The van der Waals surface area contributed by atoms with E-state index >= 15 is 0 Å². The summed E-state index contributed by atoms with van der Waals surface area (Å²) in [6, 6.07) is 9.93. The predicted octanol–water partition coefficient (Wildman–Crippen LogP) is 3.37. The van der Waals surface area contributed by atoms with E-state index in [9.17, 15) is 19.7 Å². The number of carbonyl (C=O) groups is 2. The second-order valence-electron chi connectivity index (χ2n) is 9.33. The SMILES string of the molecule is CC(C)(C)N(CC(=O)N1CCn2cccc2[C@H]1c1ccc([N+](=O)[O-])cc1)C(=O)C1CC1. The largest absolute Gasteiger partial charge is 0.348 e. The number of non-ortho nitro benzene ring substituents is 1. The van der Waals surface area contributed by atoms with Crippen molar-refractivity contribution >= 4 is 17.5 Å². The molecule has 2 amide bonds. The number of carbonyl (C=O) groups excluding carboxylic acids is 2. The van der Waals surface area contributed by atoms with E-state index in [1.54, 1.807) is 21.9 Å². The number of hydrogen-bond donors (Lipinski definition) is 0. The Labute approximate surface area is 181 Å². The molecule has 4 rings (SSSR count). The average Bonchev–Trinajstić information content (AvgIpc) is 3.47. The van der Waals surface area contributed by atoms with Gasteiger partial charge in [-0.15, -0.1) is 0 Å². The molecule has 0 N–H and O–H groups in total. The number of amides is 2. The van der Waals surface area contributed by atoms with Crippen LogP contribution in [-0.2, 0) is 16.1 Å².